The van der Waals surface area contributed by atoms with E-state index in [1.165, 1.54) is 0 Å². The molecule has 2 nitrogen and oxygen atoms in total. The predicted molar refractivity (Wildman–Crippen MR) is 88.1 cm³/mol. The number of halogens is 2. The number of benzene rings is 1. The van der Waals surface area contributed by atoms with Crippen LogP contribution in [0.3, 0.4) is 0 Å². The van der Waals surface area contributed by atoms with Gasteiger partial charge in [-0.1, -0.05) is 53.6 Å². The summed E-state index contributed by atoms with van der Waals surface area (Å²) in [5.74, 6) is 0. The Kier molecular flexibility index (Phi) is 4.18. The maximum atomic E-state index is 6.04. The van der Waals surface area contributed by atoms with Crippen molar-refractivity contribution in [1.82, 2.24) is 9.97 Å². The zero-order chi connectivity index (χ0) is 14.7. The van der Waals surface area contributed by atoms with Crippen molar-refractivity contribution in [2.75, 3.05) is 0 Å². The van der Waals surface area contributed by atoms with Crippen molar-refractivity contribution in [3.8, 4) is 11.3 Å². The third kappa shape index (κ3) is 3.23. The second-order valence-electron chi connectivity index (χ2n) is 4.58. The van der Waals surface area contributed by atoms with E-state index in [1.54, 1.807) is 12.4 Å². The number of hydrogen-bond acceptors (Lipinski definition) is 2. The van der Waals surface area contributed by atoms with E-state index in [1.807, 2.05) is 42.5 Å². The lowest BCUT2D eigenvalue weighted by molar-refractivity contribution is 1.17. The van der Waals surface area contributed by atoms with Gasteiger partial charge < -0.3 is 0 Å². The summed E-state index contributed by atoms with van der Waals surface area (Å²) in [7, 11) is 0. The molecule has 1 aliphatic rings. The SMILES string of the molecule is ClC1=CCC=C(c2nccnc2-c2ccc(Cl)cc2)C=C1. The molecule has 0 radical (unpaired) electrons. The minimum atomic E-state index is 0.703. The maximum absolute atomic E-state index is 6.04. The van der Waals surface area contributed by atoms with Crippen LogP contribution < -0.4 is 0 Å². The lowest BCUT2D eigenvalue weighted by atomic mass is 10.0. The Morgan fingerprint density at radius 1 is 0.810 bits per heavy atom. The fourth-order valence-electron chi connectivity index (χ4n) is 2.15. The fraction of sp³-hybridized carbons (Fsp3) is 0.0588. The smallest absolute Gasteiger partial charge is 0.0965 e. The van der Waals surface area contributed by atoms with E-state index < -0.39 is 0 Å². The van der Waals surface area contributed by atoms with Crippen LogP contribution in [0.5, 0.6) is 0 Å². The molecule has 2 aromatic rings. The number of nitrogens with zero attached hydrogens (tertiary/aromatic N) is 2. The zero-order valence-corrected chi connectivity index (χ0v) is 12.6. The predicted octanol–water partition coefficient (Wildman–Crippen LogP) is 5.26. The van der Waals surface area contributed by atoms with Gasteiger partial charge in [0, 0.05) is 28.0 Å². The van der Waals surface area contributed by atoms with Crippen LogP contribution in [-0.4, -0.2) is 9.97 Å². The highest BCUT2D eigenvalue weighted by atomic mass is 35.5. The molecule has 104 valence electrons. The van der Waals surface area contributed by atoms with Gasteiger partial charge in [0.1, 0.15) is 0 Å². The molecule has 0 atom stereocenters. The molecule has 0 unspecified atom stereocenters. The van der Waals surface area contributed by atoms with Gasteiger partial charge in [-0.2, -0.15) is 0 Å². The molecule has 0 saturated heterocycles. The van der Waals surface area contributed by atoms with Gasteiger partial charge in [-0.25, -0.2) is 0 Å². The Morgan fingerprint density at radius 2 is 1.52 bits per heavy atom. The number of hydrogen-bond donors (Lipinski definition) is 0. The number of rotatable bonds is 2. The zero-order valence-electron chi connectivity index (χ0n) is 11.1. The van der Waals surface area contributed by atoms with Crippen LogP contribution >= 0.6 is 23.2 Å². The van der Waals surface area contributed by atoms with Gasteiger partial charge in [-0.05, 0) is 30.2 Å². The standard InChI is InChI=1S/C17H12Cl2N2/c18-14-3-1-2-12(4-7-14)16-17(21-11-10-20-16)13-5-8-15(19)9-6-13/h2-11H,1H2. The third-order valence-corrected chi connectivity index (χ3v) is 3.69. The number of aromatic nitrogens is 2. The van der Waals surface area contributed by atoms with Gasteiger partial charge in [-0.15, -0.1) is 0 Å². The van der Waals surface area contributed by atoms with Crippen molar-refractivity contribution in [3.63, 3.8) is 0 Å². The highest BCUT2D eigenvalue weighted by Gasteiger charge is 2.11. The Balaban J connectivity index is 2.06. The van der Waals surface area contributed by atoms with Crippen LogP contribution in [0.25, 0.3) is 16.8 Å². The van der Waals surface area contributed by atoms with Crippen molar-refractivity contribution in [2.24, 2.45) is 0 Å². The van der Waals surface area contributed by atoms with Crippen molar-refractivity contribution >= 4 is 28.8 Å². The Labute approximate surface area is 133 Å². The highest BCUT2D eigenvalue weighted by Crippen LogP contribution is 2.28. The van der Waals surface area contributed by atoms with Crippen LogP contribution in [0.1, 0.15) is 12.1 Å². The molecule has 1 aromatic carbocycles. The molecular formula is C17H12Cl2N2. The minimum absolute atomic E-state index is 0.703. The normalized spacial score (nSPS) is 14.4. The molecule has 1 aromatic heterocycles. The van der Waals surface area contributed by atoms with Crippen molar-refractivity contribution in [3.05, 3.63) is 76.7 Å². The molecule has 0 fully saturated rings. The molecule has 0 amide bonds. The van der Waals surface area contributed by atoms with Crippen LogP contribution in [0.15, 0.2) is 66.0 Å². The Bertz CT molecular complexity index is 744. The summed E-state index contributed by atoms with van der Waals surface area (Å²) in [6.45, 7) is 0. The van der Waals surface area contributed by atoms with Crippen molar-refractivity contribution < 1.29 is 0 Å². The van der Waals surface area contributed by atoms with Crippen LogP contribution in [0.2, 0.25) is 5.02 Å². The summed E-state index contributed by atoms with van der Waals surface area (Å²) in [6, 6.07) is 7.60. The average Bonchev–Trinajstić information content (AvgIpc) is 2.73. The van der Waals surface area contributed by atoms with E-state index in [4.69, 9.17) is 23.2 Å². The summed E-state index contributed by atoms with van der Waals surface area (Å²) in [5, 5.41) is 1.44. The van der Waals surface area contributed by atoms with E-state index >= 15 is 0 Å². The third-order valence-electron chi connectivity index (χ3n) is 3.16. The van der Waals surface area contributed by atoms with E-state index in [0.29, 0.717) is 5.02 Å². The molecule has 4 heteroatoms. The quantitative estimate of drug-likeness (QED) is 0.755. The Morgan fingerprint density at radius 3 is 2.29 bits per heavy atom. The lowest BCUT2D eigenvalue weighted by Gasteiger charge is -2.08. The van der Waals surface area contributed by atoms with Gasteiger partial charge in [0.05, 0.1) is 11.4 Å². The molecule has 0 N–H and O–H groups in total. The van der Waals surface area contributed by atoms with Gasteiger partial charge in [0.25, 0.3) is 0 Å². The van der Waals surface area contributed by atoms with Gasteiger partial charge >= 0.3 is 0 Å². The summed E-state index contributed by atoms with van der Waals surface area (Å²) in [5.41, 5.74) is 3.68. The summed E-state index contributed by atoms with van der Waals surface area (Å²) >= 11 is 12.0. The lowest BCUT2D eigenvalue weighted by Crippen LogP contribution is -1.95. The van der Waals surface area contributed by atoms with E-state index in [-0.39, 0.29) is 0 Å². The van der Waals surface area contributed by atoms with Gasteiger partial charge in [0.15, 0.2) is 0 Å². The van der Waals surface area contributed by atoms with E-state index in [2.05, 4.69) is 16.0 Å². The van der Waals surface area contributed by atoms with Gasteiger partial charge in [-0.3, -0.25) is 9.97 Å². The first-order valence-corrected chi connectivity index (χ1v) is 7.31. The molecule has 0 bridgehead atoms. The van der Waals surface area contributed by atoms with Crippen LogP contribution in [0.4, 0.5) is 0 Å². The van der Waals surface area contributed by atoms with E-state index in [0.717, 1.165) is 34.0 Å². The molecular weight excluding hydrogens is 303 g/mol. The highest BCUT2D eigenvalue weighted by molar-refractivity contribution is 6.31. The summed E-state index contributed by atoms with van der Waals surface area (Å²) in [6.07, 6.45) is 12.1. The topological polar surface area (TPSA) is 25.8 Å². The fourth-order valence-corrected chi connectivity index (χ4v) is 2.43. The summed E-state index contributed by atoms with van der Waals surface area (Å²) < 4.78 is 0. The first-order valence-electron chi connectivity index (χ1n) is 6.55. The van der Waals surface area contributed by atoms with Gasteiger partial charge in [0.2, 0.25) is 0 Å². The Hall–Kier alpha value is -1.90. The molecule has 1 heterocycles. The second kappa shape index (κ2) is 6.25. The molecule has 1 aliphatic carbocycles. The largest absolute Gasteiger partial charge is 0.252 e. The van der Waals surface area contributed by atoms with Crippen molar-refractivity contribution in [1.29, 1.82) is 0 Å². The minimum Gasteiger partial charge on any atom is -0.252 e. The maximum Gasteiger partial charge on any atom is 0.0965 e. The second-order valence-corrected chi connectivity index (χ2v) is 5.45. The monoisotopic (exact) mass is 314 g/mol. The average molecular weight is 315 g/mol. The van der Waals surface area contributed by atoms with E-state index in [9.17, 15) is 0 Å². The number of allylic oxidation sites excluding steroid dienone is 6. The first-order chi connectivity index (χ1) is 10.2. The first kappa shape index (κ1) is 14.1. The molecule has 0 aliphatic heterocycles. The van der Waals surface area contributed by atoms with Crippen molar-refractivity contribution in [2.45, 2.75) is 6.42 Å². The van der Waals surface area contributed by atoms with Crippen LogP contribution in [-0.2, 0) is 0 Å². The molecule has 0 spiro atoms. The molecule has 21 heavy (non-hydrogen) atoms. The van der Waals surface area contributed by atoms with Crippen LogP contribution in [0, 0.1) is 0 Å². The molecule has 0 saturated carbocycles. The summed E-state index contributed by atoms with van der Waals surface area (Å²) in [4.78, 5) is 8.96. The molecule has 3 rings (SSSR count).